The van der Waals surface area contributed by atoms with Crippen LogP contribution in [0.3, 0.4) is 0 Å². The summed E-state index contributed by atoms with van der Waals surface area (Å²) in [5.41, 5.74) is 0.941. The first-order valence-electron chi connectivity index (χ1n) is 7.65. The molecule has 0 aliphatic heterocycles. The molecule has 0 atom stereocenters. The predicted molar refractivity (Wildman–Crippen MR) is 103 cm³/mol. The number of guanidine groups is 1. The van der Waals surface area contributed by atoms with Gasteiger partial charge in [0.2, 0.25) is 10.0 Å². The van der Waals surface area contributed by atoms with Crippen molar-refractivity contribution in [2.24, 2.45) is 10.1 Å². The number of hydrogen-bond acceptors (Lipinski definition) is 3. The third-order valence-corrected chi connectivity index (χ3v) is 4.64. The lowest BCUT2D eigenvalue weighted by molar-refractivity contribution is 0.597. The fourth-order valence-electron chi connectivity index (χ4n) is 2.54. The summed E-state index contributed by atoms with van der Waals surface area (Å²) < 4.78 is 22.4. The highest BCUT2D eigenvalue weighted by Crippen LogP contribution is 2.17. The van der Waals surface area contributed by atoms with Gasteiger partial charge < -0.3 is 10.6 Å². The van der Waals surface area contributed by atoms with Crippen molar-refractivity contribution in [1.82, 2.24) is 10.6 Å². The number of rotatable bonds is 5. The van der Waals surface area contributed by atoms with Crippen molar-refractivity contribution in [3.8, 4) is 0 Å². The number of aliphatic imine (C=N–C) groups is 1. The lowest BCUT2D eigenvalue weighted by Gasteiger charge is -2.16. The Hall–Kier alpha value is -0.870. The fraction of sp³-hybridized carbons (Fsp3) is 0.533. The molecular formula is C15H25IN4O2S. The first kappa shape index (κ1) is 20.2. The van der Waals surface area contributed by atoms with Gasteiger partial charge in [-0.25, -0.2) is 18.5 Å². The lowest BCUT2D eigenvalue weighted by Crippen LogP contribution is -2.42. The first-order valence-corrected chi connectivity index (χ1v) is 9.20. The van der Waals surface area contributed by atoms with E-state index in [1.807, 2.05) is 6.92 Å². The van der Waals surface area contributed by atoms with Crippen molar-refractivity contribution in [2.75, 3.05) is 6.54 Å². The van der Waals surface area contributed by atoms with Crippen molar-refractivity contribution in [2.45, 2.75) is 50.1 Å². The van der Waals surface area contributed by atoms with Gasteiger partial charge in [-0.2, -0.15) is 0 Å². The quantitative estimate of drug-likeness (QED) is 0.362. The first-order chi connectivity index (χ1) is 10.5. The molecule has 0 bridgehead atoms. The van der Waals surface area contributed by atoms with E-state index >= 15 is 0 Å². The van der Waals surface area contributed by atoms with Gasteiger partial charge >= 0.3 is 0 Å². The van der Waals surface area contributed by atoms with Crippen LogP contribution in [0.2, 0.25) is 0 Å². The number of sulfonamides is 1. The van der Waals surface area contributed by atoms with Gasteiger partial charge in [-0.3, -0.25) is 0 Å². The number of halogens is 1. The molecule has 1 aromatic rings. The molecule has 0 radical (unpaired) electrons. The second-order valence-electron chi connectivity index (χ2n) is 5.51. The Balaban J connectivity index is 0.00000264. The molecule has 4 N–H and O–H groups in total. The molecule has 8 heteroatoms. The monoisotopic (exact) mass is 452 g/mol. The second-order valence-corrected chi connectivity index (χ2v) is 7.07. The molecule has 1 aromatic carbocycles. The van der Waals surface area contributed by atoms with Gasteiger partial charge in [0.1, 0.15) is 0 Å². The summed E-state index contributed by atoms with van der Waals surface area (Å²) in [6.07, 6.45) is 4.92. The zero-order valence-electron chi connectivity index (χ0n) is 13.3. The summed E-state index contributed by atoms with van der Waals surface area (Å²) >= 11 is 0. The molecule has 0 saturated heterocycles. The highest BCUT2D eigenvalue weighted by molar-refractivity contribution is 14.0. The molecule has 6 nitrogen and oxygen atoms in total. The normalized spacial score (nSPS) is 16.0. The molecule has 1 saturated carbocycles. The van der Waals surface area contributed by atoms with Crippen molar-refractivity contribution in [1.29, 1.82) is 0 Å². The summed E-state index contributed by atoms with van der Waals surface area (Å²) in [5.74, 6) is 0.810. The van der Waals surface area contributed by atoms with Gasteiger partial charge in [-0.15, -0.1) is 24.0 Å². The minimum atomic E-state index is -3.64. The maximum Gasteiger partial charge on any atom is 0.238 e. The highest BCUT2D eigenvalue weighted by Gasteiger charge is 2.15. The van der Waals surface area contributed by atoms with Gasteiger partial charge in [0.15, 0.2) is 5.96 Å². The third kappa shape index (κ3) is 6.64. The fourth-order valence-corrected chi connectivity index (χ4v) is 3.05. The molecule has 0 amide bonds. The Kier molecular flexibility index (Phi) is 8.27. The van der Waals surface area contributed by atoms with Crippen molar-refractivity contribution in [3.63, 3.8) is 0 Å². The summed E-state index contributed by atoms with van der Waals surface area (Å²) in [5, 5.41) is 11.8. The number of nitrogens with one attached hydrogen (secondary N) is 2. The summed E-state index contributed by atoms with van der Waals surface area (Å²) in [7, 11) is -3.64. The smallest absolute Gasteiger partial charge is 0.238 e. The topological polar surface area (TPSA) is 96.6 Å². The zero-order valence-corrected chi connectivity index (χ0v) is 16.4. The van der Waals surface area contributed by atoms with Crippen molar-refractivity contribution in [3.05, 3.63) is 29.8 Å². The maximum absolute atomic E-state index is 11.2. The van der Waals surface area contributed by atoms with Crippen LogP contribution in [-0.4, -0.2) is 27.0 Å². The molecule has 2 rings (SSSR count). The van der Waals surface area contributed by atoms with Crippen LogP contribution >= 0.6 is 24.0 Å². The largest absolute Gasteiger partial charge is 0.357 e. The van der Waals surface area contributed by atoms with E-state index in [0.29, 0.717) is 12.6 Å². The summed E-state index contributed by atoms with van der Waals surface area (Å²) in [6.45, 7) is 3.34. The van der Waals surface area contributed by atoms with Gasteiger partial charge in [-0.05, 0) is 37.5 Å². The number of hydrogen-bond donors (Lipinski definition) is 3. The predicted octanol–water partition coefficient (Wildman–Crippen LogP) is 1.95. The lowest BCUT2D eigenvalue weighted by atomic mass is 10.2. The van der Waals surface area contributed by atoms with Gasteiger partial charge in [0, 0.05) is 12.6 Å². The number of benzene rings is 1. The van der Waals surface area contributed by atoms with Crippen LogP contribution in [0.15, 0.2) is 34.2 Å². The Morgan fingerprint density at radius 1 is 1.26 bits per heavy atom. The van der Waals surface area contributed by atoms with E-state index in [9.17, 15) is 8.42 Å². The van der Waals surface area contributed by atoms with Crippen LogP contribution in [0.5, 0.6) is 0 Å². The molecule has 0 heterocycles. The van der Waals surface area contributed by atoms with Gasteiger partial charge in [0.25, 0.3) is 0 Å². The van der Waals surface area contributed by atoms with Crippen LogP contribution in [0.4, 0.5) is 0 Å². The minimum Gasteiger partial charge on any atom is -0.357 e. The Bertz CT molecular complexity index is 611. The second kappa shape index (κ2) is 9.43. The Labute approximate surface area is 155 Å². The molecule has 0 spiro atoms. The molecule has 23 heavy (non-hydrogen) atoms. The average molecular weight is 452 g/mol. The summed E-state index contributed by atoms with van der Waals surface area (Å²) in [6, 6.07) is 7.00. The van der Waals surface area contributed by atoms with Gasteiger partial charge in [0.05, 0.1) is 11.4 Å². The van der Waals surface area contributed by atoms with Crippen molar-refractivity contribution >= 4 is 40.0 Å². The SMILES string of the molecule is CCNC(=NCc1ccc(S(N)(=O)=O)cc1)NC1CCCC1.I. The molecule has 1 fully saturated rings. The van der Waals surface area contributed by atoms with E-state index < -0.39 is 10.0 Å². The molecule has 0 aromatic heterocycles. The highest BCUT2D eigenvalue weighted by atomic mass is 127. The Morgan fingerprint density at radius 2 is 1.87 bits per heavy atom. The van der Waals surface area contributed by atoms with Crippen LogP contribution < -0.4 is 15.8 Å². The maximum atomic E-state index is 11.2. The van der Waals surface area contributed by atoms with Crippen LogP contribution in [0, 0.1) is 0 Å². The molecule has 1 aliphatic carbocycles. The van der Waals surface area contributed by atoms with E-state index in [2.05, 4.69) is 15.6 Å². The van der Waals surface area contributed by atoms with E-state index in [-0.39, 0.29) is 28.9 Å². The zero-order chi connectivity index (χ0) is 16.0. The van der Waals surface area contributed by atoms with E-state index in [4.69, 9.17) is 5.14 Å². The van der Waals surface area contributed by atoms with E-state index in [1.54, 1.807) is 12.1 Å². The average Bonchev–Trinajstić information content (AvgIpc) is 2.97. The summed E-state index contributed by atoms with van der Waals surface area (Å²) in [4.78, 5) is 4.67. The third-order valence-electron chi connectivity index (χ3n) is 3.71. The van der Waals surface area contributed by atoms with Crippen LogP contribution in [0.1, 0.15) is 38.2 Å². The minimum absolute atomic E-state index is 0. The Morgan fingerprint density at radius 3 is 2.39 bits per heavy atom. The van der Waals surface area contributed by atoms with E-state index in [1.165, 1.54) is 37.8 Å². The number of primary sulfonamides is 1. The van der Waals surface area contributed by atoms with Crippen LogP contribution in [0.25, 0.3) is 0 Å². The van der Waals surface area contributed by atoms with E-state index in [0.717, 1.165) is 18.1 Å². The van der Waals surface area contributed by atoms with Crippen molar-refractivity contribution < 1.29 is 8.42 Å². The molecule has 0 unspecified atom stereocenters. The molecule has 1 aliphatic rings. The standard InChI is InChI=1S/C15H24N4O2S.HI/c1-2-17-15(19-13-5-3-4-6-13)18-11-12-7-9-14(10-8-12)22(16,20)21;/h7-10,13H,2-6,11H2,1H3,(H2,16,20,21)(H2,17,18,19);1H. The van der Waals surface area contributed by atoms with Crippen LogP contribution in [-0.2, 0) is 16.6 Å². The molecule has 130 valence electrons. The molecular weight excluding hydrogens is 427 g/mol. The number of nitrogens with zero attached hydrogens (tertiary/aromatic N) is 1. The number of nitrogens with two attached hydrogens (primary N) is 1. The van der Waals surface area contributed by atoms with Gasteiger partial charge in [-0.1, -0.05) is 25.0 Å².